The highest BCUT2D eigenvalue weighted by Crippen LogP contribution is 2.24. The average Bonchev–Trinajstić information content (AvgIpc) is 2.75. The molecular weight excluding hydrogens is 344 g/mol. The summed E-state index contributed by atoms with van der Waals surface area (Å²) in [7, 11) is -3.74. The molecule has 0 unspecified atom stereocenters. The topological polar surface area (TPSA) is 101 Å². The van der Waals surface area contributed by atoms with Gasteiger partial charge in [0, 0.05) is 16.2 Å². The normalized spacial score (nSPS) is 11.5. The molecule has 6 nitrogen and oxygen atoms in total. The number of nitrogens with two attached hydrogens (primary N) is 1. The monoisotopic (exact) mass is 358 g/mol. The average molecular weight is 359 g/mol. The second-order valence-corrected chi connectivity index (χ2v) is 6.88. The predicted octanol–water partition coefficient (Wildman–Crippen LogP) is 2.51. The summed E-state index contributed by atoms with van der Waals surface area (Å²) >= 11 is 3.24. The molecule has 2 rings (SSSR count). The molecule has 0 fully saturated rings. The summed E-state index contributed by atoms with van der Waals surface area (Å²) in [5.41, 5.74) is 6.80. The van der Waals surface area contributed by atoms with Crippen molar-refractivity contribution in [2.24, 2.45) is 0 Å². The van der Waals surface area contributed by atoms with Crippen molar-refractivity contribution < 1.29 is 8.42 Å². The number of nitrogens with zero attached hydrogens (tertiary/aromatic N) is 1. The maximum atomic E-state index is 12.2. The Morgan fingerprint density at radius 3 is 2.80 bits per heavy atom. The van der Waals surface area contributed by atoms with Crippen LogP contribution in [0.15, 0.2) is 33.6 Å². The highest BCUT2D eigenvalue weighted by Gasteiger charge is 2.18. The van der Waals surface area contributed by atoms with Crippen molar-refractivity contribution >= 4 is 37.5 Å². The van der Waals surface area contributed by atoms with Crippen LogP contribution >= 0.6 is 15.9 Å². The predicted molar refractivity (Wildman–Crippen MR) is 81.9 cm³/mol. The maximum absolute atomic E-state index is 12.2. The number of nitrogens with one attached hydrogen (secondary N) is 2. The fraction of sp³-hybridized carbons (Fsp3) is 0.250. The Labute approximate surface area is 125 Å². The molecule has 2 aromatic rings. The van der Waals surface area contributed by atoms with Crippen LogP contribution in [0.25, 0.3) is 0 Å². The van der Waals surface area contributed by atoms with Gasteiger partial charge in [-0.2, -0.15) is 5.10 Å². The van der Waals surface area contributed by atoms with Gasteiger partial charge in [0.25, 0.3) is 10.0 Å². The Balaban J connectivity index is 2.26. The Bertz CT molecular complexity index is 712. The molecule has 1 aromatic carbocycles. The third kappa shape index (κ3) is 3.31. The van der Waals surface area contributed by atoms with E-state index >= 15 is 0 Å². The van der Waals surface area contributed by atoms with Gasteiger partial charge in [-0.25, -0.2) is 8.42 Å². The number of aryl methyl sites for hydroxylation is 1. The van der Waals surface area contributed by atoms with Crippen LogP contribution < -0.4 is 10.5 Å². The number of rotatable bonds is 5. The molecule has 1 aromatic heterocycles. The molecule has 0 saturated carbocycles. The van der Waals surface area contributed by atoms with Crippen molar-refractivity contribution in [3.8, 4) is 0 Å². The van der Waals surface area contributed by atoms with Gasteiger partial charge in [-0.3, -0.25) is 9.82 Å². The molecule has 0 radical (unpaired) electrons. The lowest BCUT2D eigenvalue weighted by atomic mass is 10.2. The number of nitrogen functional groups attached to an aromatic ring is 1. The first-order valence-corrected chi connectivity index (χ1v) is 8.32. The smallest absolute Gasteiger partial charge is 0.265 e. The molecule has 20 heavy (non-hydrogen) atoms. The lowest BCUT2D eigenvalue weighted by molar-refractivity contribution is 0.601. The summed E-state index contributed by atoms with van der Waals surface area (Å²) in [6.45, 7) is 2.03. The van der Waals surface area contributed by atoms with Crippen LogP contribution in [-0.2, 0) is 16.4 Å². The molecule has 0 amide bonds. The van der Waals surface area contributed by atoms with Gasteiger partial charge in [0.2, 0.25) is 0 Å². The number of aromatic amines is 1. The first kappa shape index (κ1) is 14.9. The zero-order valence-electron chi connectivity index (χ0n) is 10.9. The molecule has 0 saturated heterocycles. The quantitative estimate of drug-likeness (QED) is 0.714. The molecule has 8 heteroatoms. The Morgan fingerprint density at radius 1 is 1.40 bits per heavy atom. The molecule has 4 N–H and O–H groups in total. The van der Waals surface area contributed by atoms with Crippen LogP contribution in [0.1, 0.15) is 19.0 Å². The Morgan fingerprint density at radius 2 is 2.15 bits per heavy atom. The van der Waals surface area contributed by atoms with Gasteiger partial charge >= 0.3 is 0 Å². The van der Waals surface area contributed by atoms with Crippen molar-refractivity contribution in [1.82, 2.24) is 10.2 Å². The van der Waals surface area contributed by atoms with Crippen LogP contribution in [0.3, 0.4) is 0 Å². The number of benzene rings is 1. The molecule has 108 valence electrons. The third-order valence-electron chi connectivity index (χ3n) is 2.65. The van der Waals surface area contributed by atoms with Crippen LogP contribution in [0.4, 0.5) is 11.5 Å². The zero-order chi connectivity index (χ0) is 14.8. The Hall–Kier alpha value is -1.54. The summed E-state index contributed by atoms with van der Waals surface area (Å²) in [6, 6.07) is 6.29. The van der Waals surface area contributed by atoms with Crippen molar-refractivity contribution in [2.45, 2.75) is 24.7 Å². The largest absolute Gasteiger partial charge is 0.398 e. The maximum Gasteiger partial charge on any atom is 0.265 e. The molecule has 0 atom stereocenters. The third-order valence-corrected chi connectivity index (χ3v) is 4.57. The SMILES string of the molecule is CCCc1cc(NS(=O)(=O)c2ccc(Br)cc2N)n[nH]1. The number of H-pyrrole nitrogens is 1. The van der Waals surface area contributed by atoms with Crippen LogP contribution in [0, 0.1) is 0 Å². The number of aromatic nitrogens is 2. The standard InChI is InChI=1S/C12H15BrN4O2S/c1-2-3-9-7-12(16-15-9)17-20(18,19)11-5-4-8(13)6-10(11)14/h4-7H,2-3,14H2,1H3,(H2,15,16,17). The van der Waals surface area contributed by atoms with E-state index in [4.69, 9.17) is 5.73 Å². The first-order chi connectivity index (χ1) is 9.42. The fourth-order valence-electron chi connectivity index (χ4n) is 1.77. The molecule has 1 heterocycles. The summed E-state index contributed by atoms with van der Waals surface area (Å²) in [6.07, 6.45) is 1.77. The summed E-state index contributed by atoms with van der Waals surface area (Å²) < 4.78 is 27.6. The van der Waals surface area contributed by atoms with E-state index in [1.165, 1.54) is 6.07 Å². The van der Waals surface area contributed by atoms with E-state index in [2.05, 4.69) is 30.8 Å². The van der Waals surface area contributed by atoms with Gasteiger partial charge in [-0.05, 0) is 24.6 Å². The van der Waals surface area contributed by atoms with Crippen molar-refractivity contribution in [3.05, 3.63) is 34.4 Å². The van der Waals surface area contributed by atoms with Crippen LogP contribution in [0.2, 0.25) is 0 Å². The number of hydrogen-bond donors (Lipinski definition) is 3. The van der Waals surface area contributed by atoms with Crippen LogP contribution in [0.5, 0.6) is 0 Å². The first-order valence-electron chi connectivity index (χ1n) is 6.04. The molecule has 0 spiro atoms. The Kier molecular flexibility index (Phi) is 4.34. The minimum absolute atomic E-state index is 0.0285. The van der Waals surface area contributed by atoms with Gasteiger partial charge in [-0.1, -0.05) is 29.3 Å². The van der Waals surface area contributed by atoms with Gasteiger partial charge in [0.05, 0.1) is 5.69 Å². The van der Waals surface area contributed by atoms with Crippen LogP contribution in [-0.4, -0.2) is 18.6 Å². The highest BCUT2D eigenvalue weighted by atomic mass is 79.9. The lowest BCUT2D eigenvalue weighted by Crippen LogP contribution is -2.15. The van der Waals surface area contributed by atoms with E-state index in [1.54, 1.807) is 18.2 Å². The van der Waals surface area contributed by atoms with E-state index in [-0.39, 0.29) is 16.4 Å². The van der Waals surface area contributed by atoms with Gasteiger partial charge < -0.3 is 5.73 Å². The molecular formula is C12H15BrN4O2S. The van der Waals surface area contributed by atoms with E-state index in [9.17, 15) is 8.42 Å². The number of sulfonamides is 1. The van der Waals surface area contributed by atoms with Gasteiger partial charge in [-0.15, -0.1) is 0 Å². The van der Waals surface area contributed by atoms with Gasteiger partial charge in [0.15, 0.2) is 5.82 Å². The van der Waals surface area contributed by atoms with E-state index in [0.717, 1.165) is 23.0 Å². The van der Waals surface area contributed by atoms with Crippen molar-refractivity contribution in [2.75, 3.05) is 10.5 Å². The highest BCUT2D eigenvalue weighted by molar-refractivity contribution is 9.10. The molecule has 0 aliphatic rings. The summed E-state index contributed by atoms with van der Waals surface area (Å²) in [5.74, 6) is 0.260. The number of anilines is 2. The van der Waals surface area contributed by atoms with E-state index < -0.39 is 10.0 Å². The summed E-state index contributed by atoms with van der Waals surface area (Å²) in [5, 5.41) is 6.72. The minimum atomic E-state index is -3.74. The number of halogens is 1. The minimum Gasteiger partial charge on any atom is -0.398 e. The zero-order valence-corrected chi connectivity index (χ0v) is 13.3. The number of hydrogen-bond acceptors (Lipinski definition) is 4. The second kappa shape index (κ2) is 5.84. The summed E-state index contributed by atoms with van der Waals surface area (Å²) in [4.78, 5) is 0.0285. The van der Waals surface area contributed by atoms with Crippen molar-refractivity contribution in [3.63, 3.8) is 0 Å². The van der Waals surface area contributed by atoms with E-state index in [1.807, 2.05) is 6.92 Å². The van der Waals surface area contributed by atoms with Crippen molar-refractivity contribution in [1.29, 1.82) is 0 Å². The fourth-order valence-corrected chi connectivity index (χ4v) is 3.25. The second-order valence-electron chi connectivity index (χ2n) is 4.32. The van der Waals surface area contributed by atoms with E-state index in [0.29, 0.717) is 0 Å². The van der Waals surface area contributed by atoms with Gasteiger partial charge in [0.1, 0.15) is 4.90 Å². The molecule has 0 aliphatic carbocycles. The lowest BCUT2D eigenvalue weighted by Gasteiger charge is -2.08. The molecule has 0 aliphatic heterocycles. The molecule has 0 bridgehead atoms.